The third kappa shape index (κ3) is 4.11. The van der Waals surface area contributed by atoms with E-state index in [0.717, 1.165) is 11.4 Å². The summed E-state index contributed by atoms with van der Waals surface area (Å²) in [5.41, 5.74) is 2.98. The largest absolute Gasteiger partial charge is 0.508 e. The van der Waals surface area contributed by atoms with Crippen LogP contribution in [0, 0.1) is 0 Å². The second-order valence-electron chi connectivity index (χ2n) is 6.30. The number of aromatic hydroxyl groups is 2. The zero-order valence-electron chi connectivity index (χ0n) is 15.1. The lowest BCUT2D eigenvalue weighted by Gasteiger charge is -2.15. The van der Waals surface area contributed by atoms with Crippen LogP contribution in [-0.4, -0.2) is 20.4 Å². The van der Waals surface area contributed by atoms with Gasteiger partial charge in [-0.1, -0.05) is 42.2 Å². The second-order valence-corrected chi connectivity index (χ2v) is 7.97. The molecule has 1 aliphatic rings. The molecule has 0 unspecified atom stereocenters. The summed E-state index contributed by atoms with van der Waals surface area (Å²) in [5, 5.41) is 22.7. The van der Waals surface area contributed by atoms with E-state index in [2.05, 4.69) is 5.32 Å². The van der Waals surface area contributed by atoms with Crippen LogP contribution < -0.4 is 10.2 Å². The first-order valence-electron chi connectivity index (χ1n) is 8.73. The maximum Gasteiger partial charge on any atom is 0.270 e. The fourth-order valence-electron chi connectivity index (χ4n) is 2.87. The molecule has 0 atom stereocenters. The van der Waals surface area contributed by atoms with Crippen LogP contribution in [0.5, 0.6) is 11.5 Å². The van der Waals surface area contributed by atoms with Gasteiger partial charge in [-0.2, -0.15) is 0 Å². The maximum absolute atomic E-state index is 12.9. The highest BCUT2D eigenvalue weighted by Gasteiger charge is 2.33. The monoisotopic (exact) mass is 420 g/mol. The number of thioether (sulfide) groups is 1. The molecular weight excluding hydrogens is 404 g/mol. The molecule has 0 aromatic heterocycles. The van der Waals surface area contributed by atoms with Crippen molar-refractivity contribution in [1.82, 2.24) is 0 Å². The number of phenolic OH excluding ortho intramolecular Hbond substituents is 2. The molecule has 3 aromatic carbocycles. The summed E-state index contributed by atoms with van der Waals surface area (Å²) in [4.78, 5) is 14.8. The van der Waals surface area contributed by atoms with Crippen molar-refractivity contribution in [3.63, 3.8) is 0 Å². The van der Waals surface area contributed by atoms with E-state index >= 15 is 0 Å². The van der Waals surface area contributed by atoms with E-state index in [4.69, 9.17) is 12.2 Å². The Hall–Kier alpha value is -3.29. The number of thiocarbonyl (C=S) groups is 1. The fraction of sp³-hybridized carbons (Fsp3) is 0. The number of para-hydroxylation sites is 1. The van der Waals surface area contributed by atoms with E-state index in [-0.39, 0.29) is 17.4 Å². The number of carbonyl (C=O) groups excluding carboxylic acids is 1. The van der Waals surface area contributed by atoms with Gasteiger partial charge in [0.25, 0.3) is 5.91 Å². The minimum atomic E-state index is -0.253. The third-order valence-corrected chi connectivity index (χ3v) is 5.58. The van der Waals surface area contributed by atoms with Gasteiger partial charge in [0.05, 0.1) is 10.6 Å². The summed E-state index contributed by atoms with van der Waals surface area (Å²) in [5.74, 6) is -0.403. The van der Waals surface area contributed by atoms with Crippen LogP contribution >= 0.6 is 24.0 Å². The topological polar surface area (TPSA) is 72.8 Å². The van der Waals surface area contributed by atoms with Crippen LogP contribution in [0.25, 0.3) is 6.08 Å². The molecule has 0 aliphatic carbocycles. The first-order chi connectivity index (χ1) is 14.0. The van der Waals surface area contributed by atoms with Gasteiger partial charge in [-0.05, 0) is 54.6 Å². The molecule has 0 radical (unpaired) electrons. The van der Waals surface area contributed by atoms with Crippen molar-refractivity contribution >= 4 is 57.3 Å². The molecule has 1 aliphatic heterocycles. The molecule has 3 N–H and O–H groups in total. The van der Waals surface area contributed by atoms with Crippen molar-refractivity contribution in [2.45, 2.75) is 0 Å². The molecule has 7 heteroatoms. The minimum Gasteiger partial charge on any atom is -0.508 e. The molecule has 3 aromatic rings. The summed E-state index contributed by atoms with van der Waals surface area (Å²) < 4.78 is 0.420. The first kappa shape index (κ1) is 19.0. The zero-order valence-corrected chi connectivity index (χ0v) is 16.7. The van der Waals surface area contributed by atoms with Crippen LogP contribution in [0.15, 0.2) is 77.7 Å². The predicted octanol–water partition coefficient (Wildman–Crippen LogP) is 5.25. The van der Waals surface area contributed by atoms with Crippen molar-refractivity contribution in [2.75, 3.05) is 10.2 Å². The Morgan fingerprint density at radius 3 is 2.31 bits per heavy atom. The van der Waals surface area contributed by atoms with Crippen LogP contribution in [0.3, 0.4) is 0 Å². The Balaban J connectivity index is 1.55. The van der Waals surface area contributed by atoms with Gasteiger partial charge in [0.2, 0.25) is 0 Å². The number of hydrogen-bond acceptors (Lipinski definition) is 6. The van der Waals surface area contributed by atoms with Gasteiger partial charge in [0.1, 0.15) is 11.5 Å². The molecule has 29 heavy (non-hydrogen) atoms. The van der Waals surface area contributed by atoms with Gasteiger partial charge in [-0.25, -0.2) is 0 Å². The van der Waals surface area contributed by atoms with Gasteiger partial charge in [0.15, 0.2) is 4.32 Å². The molecule has 0 bridgehead atoms. The molecular formula is C22H16N2O3S2. The lowest BCUT2D eigenvalue weighted by atomic mass is 10.1. The SMILES string of the molecule is O=C1/C(=C/c2ccc(O)cc2O)SC(=S)N1c1ccc(Nc2ccccc2)cc1. The van der Waals surface area contributed by atoms with Crippen LogP contribution in [0.1, 0.15) is 5.56 Å². The highest BCUT2D eigenvalue weighted by molar-refractivity contribution is 8.27. The summed E-state index contributed by atoms with van der Waals surface area (Å²) in [7, 11) is 0. The average molecular weight is 421 g/mol. The molecule has 5 nitrogen and oxygen atoms in total. The van der Waals surface area contributed by atoms with Crippen molar-refractivity contribution < 1.29 is 15.0 Å². The zero-order chi connectivity index (χ0) is 20.4. The minimum absolute atomic E-state index is 0.0450. The van der Waals surface area contributed by atoms with Crippen molar-refractivity contribution in [3.8, 4) is 11.5 Å². The lowest BCUT2D eigenvalue weighted by molar-refractivity contribution is -0.113. The third-order valence-electron chi connectivity index (χ3n) is 4.28. The average Bonchev–Trinajstić information content (AvgIpc) is 2.99. The van der Waals surface area contributed by atoms with Crippen LogP contribution in [-0.2, 0) is 4.79 Å². The number of carbonyl (C=O) groups is 1. The molecule has 144 valence electrons. The molecule has 0 spiro atoms. The van der Waals surface area contributed by atoms with Crippen molar-refractivity contribution in [1.29, 1.82) is 0 Å². The van der Waals surface area contributed by atoms with Crippen molar-refractivity contribution in [2.24, 2.45) is 0 Å². The predicted molar refractivity (Wildman–Crippen MR) is 122 cm³/mol. The van der Waals surface area contributed by atoms with E-state index in [0.29, 0.717) is 20.5 Å². The number of nitrogens with zero attached hydrogens (tertiary/aromatic N) is 1. The molecule has 1 heterocycles. The summed E-state index contributed by atoms with van der Waals surface area (Å²) in [6.45, 7) is 0. The lowest BCUT2D eigenvalue weighted by Crippen LogP contribution is -2.27. The summed E-state index contributed by atoms with van der Waals surface area (Å²) in [6.07, 6.45) is 1.57. The van der Waals surface area contributed by atoms with Gasteiger partial charge in [0, 0.05) is 23.0 Å². The summed E-state index contributed by atoms with van der Waals surface area (Å²) in [6, 6.07) is 21.5. The molecule has 0 saturated carbocycles. The van der Waals surface area contributed by atoms with Gasteiger partial charge < -0.3 is 15.5 Å². The maximum atomic E-state index is 12.9. The highest BCUT2D eigenvalue weighted by atomic mass is 32.2. The Kier molecular flexibility index (Phi) is 5.24. The van der Waals surface area contributed by atoms with Crippen LogP contribution in [0.4, 0.5) is 17.1 Å². The van der Waals surface area contributed by atoms with E-state index in [1.54, 1.807) is 12.1 Å². The number of hydrogen-bond donors (Lipinski definition) is 3. The van der Waals surface area contributed by atoms with Gasteiger partial charge in [-0.15, -0.1) is 0 Å². The Morgan fingerprint density at radius 1 is 0.931 bits per heavy atom. The van der Waals surface area contributed by atoms with E-state index in [1.807, 2.05) is 54.6 Å². The number of anilines is 3. The fourth-order valence-corrected chi connectivity index (χ4v) is 4.16. The van der Waals surface area contributed by atoms with Gasteiger partial charge in [-0.3, -0.25) is 9.69 Å². The number of nitrogens with one attached hydrogen (secondary N) is 1. The smallest absolute Gasteiger partial charge is 0.270 e. The number of benzene rings is 3. The number of amides is 1. The molecule has 1 saturated heterocycles. The van der Waals surface area contributed by atoms with E-state index in [9.17, 15) is 15.0 Å². The number of phenols is 2. The van der Waals surface area contributed by atoms with Crippen molar-refractivity contribution in [3.05, 3.63) is 83.3 Å². The first-order valence-corrected chi connectivity index (χ1v) is 9.96. The standard InChI is InChI=1S/C22H16N2O3S2/c25-18-11-6-14(19(26)13-18)12-20-21(27)24(22(28)29-20)17-9-7-16(8-10-17)23-15-4-2-1-3-5-15/h1-13,23,25-26H/b20-12-. The normalized spacial score (nSPS) is 15.2. The molecule has 4 rings (SSSR count). The second kappa shape index (κ2) is 7.98. The van der Waals surface area contributed by atoms with Crippen LogP contribution in [0.2, 0.25) is 0 Å². The van der Waals surface area contributed by atoms with Gasteiger partial charge >= 0.3 is 0 Å². The summed E-state index contributed by atoms with van der Waals surface area (Å²) >= 11 is 6.56. The number of rotatable bonds is 4. The molecule has 1 amide bonds. The van der Waals surface area contributed by atoms with E-state index in [1.165, 1.54) is 28.8 Å². The highest BCUT2D eigenvalue weighted by Crippen LogP contribution is 2.37. The van der Waals surface area contributed by atoms with E-state index < -0.39 is 0 Å². The molecule has 1 fully saturated rings. The Bertz CT molecular complexity index is 1110. The quantitative estimate of drug-likeness (QED) is 0.396. The Morgan fingerprint density at radius 2 is 1.62 bits per heavy atom. The Labute approximate surface area is 177 Å².